The Morgan fingerprint density at radius 2 is 1.76 bits per heavy atom. The van der Waals surface area contributed by atoms with Crippen LogP contribution in [-0.4, -0.2) is 55.1 Å². The summed E-state index contributed by atoms with van der Waals surface area (Å²) in [5.74, 6) is 2.19. The molecule has 0 saturated carbocycles. The molecule has 0 aromatic heterocycles. The molecule has 2 aromatic carbocycles. The molecule has 0 spiro atoms. The van der Waals surface area contributed by atoms with Crippen LogP contribution in [0.1, 0.15) is 46.1 Å². The van der Waals surface area contributed by atoms with Crippen molar-refractivity contribution in [2.75, 3.05) is 39.4 Å². The molecule has 3 rings (SSSR count). The first-order valence-electron chi connectivity index (χ1n) is 12.2. The maximum Gasteiger partial charge on any atom is 0.223 e. The second-order valence-corrected chi connectivity index (χ2v) is 10.4. The van der Waals surface area contributed by atoms with Gasteiger partial charge in [-0.1, -0.05) is 58.0 Å². The van der Waals surface area contributed by atoms with Gasteiger partial charge in [0.15, 0.2) is 0 Å². The molecule has 0 N–H and O–H groups in total. The first kappa shape index (κ1) is 25.3. The molecule has 1 heterocycles. The minimum Gasteiger partial charge on any atom is -0.457 e. The SMILES string of the molecule is CC(CC(=O)N(CCN1CCOCC1)Cc1cccc(Oc2ccccc2)c1)CC(C)(C)C. The van der Waals surface area contributed by atoms with E-state index in [9.17, 15) is 4.79 Å². The molecule has 1 unspecified atom stereocenters. The van der Waals surface area contributed by atoms with Gasteiger partial charge in [-0.2, -0.15) is 0 Å². The normalized spacial score (nSPS) is 15.8. The number of carbonyl (C=O) groups excluding carboxylic acids is 1. The lowest BCUT2D eigenvalue weighted by Crippen LogP contribution is -2.43. The predicted molar refractivity (Wildman–Crippen MR) is 133 cm³/mol. The number of morpholine rings is 1. The van der Waals surface area contributed by atoms with Crippen LogP contribution in [0, 0.1) is 11.3 Å². The summed E-state index contributed by atoms with van der Waals surface area (Å²) >= 11 is 0. The molecule has 1 atom stereocenters. The second-order valence-electron chi connectivity index (χ2n) is 10.4. The van der Waals surface area contributed by atoms with Gasteiger partial charge in [0, 0.05) is 39.1 Å². The topological polar surface area (TPSA) is 42.0 Å². The van der Waals surface area contributed by atoms with Crippen molar-refractivity contribution >= 4 is 5.91 Å². The van der Waals surface area contributed by atoms with Gasteiger partial charge >= 0.3 is 0 Å². The summed E-state index contributed by atoms with van der Waals surface area (Å²) in [6, 6.07) is 17.9. The number of amides is 1. The zero-order valence-corrected chi connectivity index (χ0v) is 20.8. The minimum absolute atomic E-state index is 0.224. The predicted octanol–water partition coefficient (Wildman–Crippen LogP) is 5.60. The van der Waals surface area contributed by atoms with Gasteiger partial charge in [0.2, 0.25) is 5.91 Å². The minimum atomic E-state index is 0.224. The van der Waals surface area contributed by atoms with Crippen LogP contribution in [0.3, 0.4) is 0 Å². The smallest absolute Gasteiger partial charge is 0.223 e. The third kappa shape index (κ3) is 9.18. The van der Waals surface area contributed by atoms with E-state index in [1.54, 1.807) is 0 Å². The number of hydrogen-bond acceptors (Lipinski definition) is 4. The Morgan fingerprint density at radius 3 is 2.45 bits per heavy atom. The van der Waals surface area contributed by atoms with Crippen LogP contribution in [0.25, 0.3) is 0 Å². The number of rotatable bonds is 10. The van der Waals surface area contributed by atoms with Gasteiger partial charge in [-0.05, 0) is 47.6 Å². The number of para-hydroxylation sites is 1. The largest absolute Gasteiger partial charge is 0.457 e. The molecule has 5 heteroatoms. The summed E-state index contributed by atoms with van der Waals surface area (Å²) in [5, 5.41) is 0. The van der Waals surface area contributed by atoms with Crippen molar-refractivity contribution < 1.29 is 14.3 Å². The van der Waals surface area contributed by atoms with Gasteiger partial charge in [0.1, 0.15) is 11.5 Å². The highest BCUT2D eigenvalue weighted by atomic mass is 16.5. The average molecular weight is 453 g/mol. The van der Waals surface area contributed by atoms with Crippen molar-refractivity contribution in [1.82, 2.24) is 9.80 Å². The quantitative estimate of drug-likeness (QED) is 0.470. The molecule has 1 saturated heterocycles. The van der Waals surface area contributed by atoms with Crippen LogP contribution in [0.5, 0.6) is 11.5 Å². The Morgan fingerprint density at radius 1 is 1.06 bits per heavy atom. The first-order valence-corrected chi connectivity index (χ1v) is 12.2. The molecule has 0 radical (unpaired) electrons. The molecule has 1 fully saturated rings. The van der Waals surface area contributed by atoms with E-state index >= 15 is 0 Å². The summed E-state index contributed by atoms with van der Waals surface area (Å²) < 4.78 is 11.5. The number of nitrogens with zero attached hydrogens (tertiary/aromatic N) is 2. The van der Waals surface area contributed by atoms with Gasteiger partial charge in [-0.25, -0.2) is 0 Å². The lowest BCUT2D eigenvalue weighted by atomic mass is 9.84. The van der Waals surface area contributed by atoms with E-state index in [4.69, 9.17) is 9.47 Å². The molecule has 180 valence electrons. The van der Waals surface area contributed by atoms with Gasteiger partial charge in [0.25, 0.3) is 0 Å². The van der Waals surface area contributed by atoms with Crippen molar-refractivity contribution in [1.29, 1.82) is 0 Å². The summed E-state index contributed by atoms with van der Waals surface area (Å²) in [6.45, 7) is 14.5. The number of hydrogen-bond donors (Lipinski definition) is 0. The zero-order chi connectivity index (χ0) is 23.7. The molecular weight excluding hydrogens is 412 g/mol. The highest BCUT2D eigenvalue weighted by molar-refractivity contribution is 5.76. The van der Waals surface area contributed by atoms with E-state index in [0.29, 0.717) is 18.9 Å². The Balaban J connectivity index is 1.67. The Labute approximate surface area is 199 Å². The van der Waals surface area contributed by atoms with Crippen LogP contribution in [-0.2, 0) is 16.1 Å². The molecule has 33 heavy (non-hydrogen) atoms. The van der Waals surface area contributed by atoms with Crippen molar-refractivity contribution in [2.24, 2.45) is 11.3 Å². The van der Waals surface area contributed by atoms with E-state index < -0.39 is 0 Å². The van der Waals surface area contributed by atoms with Gasteiger partial charge < -0.3 is 14.4 Å². The third-order valence-corrected chi connectivity index (χ3v) is 5.88. The molecule has 1 aliphatic rings. The van der Waals surface area contributed by atoms with Gasteiger partial charge in [0.05, 0.1) is 13.2 Å². The van der Waals surface area contributed by atoms with Gasteiger partial charge in [-0.3, -0.25) is 9.69 Å². The lowest BCUT2D eigenvalue weighted by Gasteiger charge is -2.31. The van der Waals surface area contributed by atoms with Crippen LogP contribution in [0.2, 0.25) is 0 Å². The summed E-state index contributed by atoms with van der Waals surface area (Å²) in [6.07, 6.45) is 1.62. The van der Waals surface area contributed by atoms with Gasteiger partial charge in [-0.15, -0.1) is 0 Å². The summed E-state index contributed by atoms with van der Waals surface area (Å²) in [5.41, 5.74) is 1.31. The standard InChI is InChI=1S/C28H40N2O3/c1-23(21-28(2,3)4)19-27(31)30(14-13-29-15-17-32-18-16-29)22-24-9-8-12-26(20-24)33-25-10-6-5-7-11-25/h5-12,20,23H,13-19,21-22H2,1-4H3. The fourth-order valence-corrected chi connectivity index (χ4v) is 4.48. The molecule has 0 aliphatic carbocycles. The van der Waals surface area contributed by atoms with E-state index in [2.05, 4.69) is 38.7 Å². The van der Waals surface area contributed by atoms with Crippen molar-refractivity contribution in [3.63, 3.8) is 0 Å². The molecule has 2 aromatic rings. The van der Waals surface area contributed by atoms with Crippen molar-refractivity contribution in [3.05, 3.63) is 60.2 Å². The number of benzene rings is 2. The van der Waals surface area contributed by atoms with Crippen LogP contribution in [0.4, 0.5) is 0 Å². The first-order chi connectivity index (χ1) is 15.8. The fraction of sp³-hybridized carbons (Fsp3) is 0.536. The highest BCUT2D eigenvalue weighted by Gasteiger charge is 2.22. The maximum absolute atomic E-state index is 13.3. The van der Waals surface area contributed by atoms with Crippen molar-refractivity contribution in [2.45, 2.75) is 47.1 Å². The molecule has 0 bridgehead atoms. The summed E-state index contributed by atoms with van der Waals surface area (Å²) in [4.78, 5) is 17.8. The maximum atomic E-state index is 13.3. The Kier molecular flexibility index (Phi) is 9.33. The van der Waals surface area contributed by atoms with E-state index in [0.717, 1.165) is 62.9 Å². The number of carbonyl (C=O) groups is 1. The van der Waals surface area contributed by atoms with E-state index in [1.807, 2.05) is 53.4 Å². The molecular formula is C28H40N2O3. The molecule has 1 amide bonds. The Bertz CT molecular complexity index is 857. The fourth-order valence-electron chi connectivity index (χ4n) is 4.48. The monoisotopic (exact) mass is 452 g/mol. The lowest BCUT2D eigenvalue weighted by molar-refractivity contribution is -0.133. The van der Waals surface area contributed by atoms with Crippen LogP contribution >= 0.6 is 0 Å². The Hall–Kier alpha value is -2.37. The zero-order valence-electron chi connectivity index (χ0n) is 20.8. The second kappa shape index (κ2) is 12.2. The number of ether oxygens (including phenoxy) is 2. The highest BCUT2D eigenvalue weighted by Crippen LogP contribution is 2.27. The van der Waals surface area contributed by atoms with E-state index in [-0.39, 0.29) is 11.3 Å². The van der Waals surface area contributed by atoms with E-state index in [1.165, 1.54) is 0 Å². The third-order valence-electron chi connectivity index (χ3n) is 5.88. The average Bonchev–Trinajstić information content (AvgIpc) is 2.77. The van der Waals surface area contributed by atoms with Crippen molar-refractivity contribution in [3.8, 4) is 11.5 Å². The summed E-state index contributed by atoms with van der Waals surface area (Å²) in [7, 11) is 0. The van der Waals surface area contributed by atoms with Crippen LogP contribution in [0.15, 0.2) is 54.6 Å². The van der Waals surface area contributed by atoms with Crippen LogP contribution < -0.4 is 4.74 Å². The molecule has 5 nitrogen and oxygen atoms in total. The molecule has 1 aliphatic heterocycles.